The molecule has 1 atom stereocenters. The number of nitrogens with one attached hydrogen (secondary N) is 1. The number of hydrogen-bond acceptors (Lipinski definition) is 5. The second-order valence-corrected chi connectivity index (χ2v) is 10.0. The number of aromatic nitrogens is 3. The van der Waals surface area contributed by atoms with Crippen LogP contribution < -0.4 is 5.32 Å². The van der Waals surface area contributed by atoms with Crippen LogP contribution in [0.2, 0.25) is 0 Å². The van der Waals surface area contributed by atoms with E-state index < -0.39 is 14.6 Å². The molecule has 0 aliphatic heterocycles. The number of para-hydroxylation sites is 1. The normalized spacial score (nSPS) is 13.3. The summed E-state index contributed by atoms with van der Waals surface area (Å²) in [5.41, 5.74) is 2.82. The molecule has 142 valence electrons. The minimum absolute atomic E-state index is 0.0164. The fraction of sp³-hybridized carbons (Fsp3) is 0.300. The number of benzene rings is 1. The second kappa shape index (κ2) is 7.15. The third-order valence-corrected chi connectivity index (χ3v) is 6.76. The molecule has 0 spiro atoms. The van der Waals surface area contributed by atoms with Crippen molar-refractivity contribution in [1.29, 1.82) is 0 Å². The van der Waals surface area contributed by atoms with Gasteiger partial charge < -0.3 is 5.32 Å². The number of pyridine rings is 1. The predicted octanol–water partition coefficient (Wildman–Crippen LogP) is 4.01. The molecule has 0 bridgehead atoms. The SMILES string of the molecule is CC(Nc1ccc(S(=O)(=O)C(C)(C)C)nc1)c1ccccc1-n1cccn1. The van der Waals surface area contributed by atoms with Crippen LogP contribution >= 0.6 is 0 Å². The lowest BCUT2D eigenvalue weighted by atomic mass is 10.1. The van der Waals surface area contributed by atoms with E-state index in [9.17, 15) is 8.42 Å². The smallest absolute Gasteiger partial charge is 0.200 e. The summed E-state index contributed by atoms with van der Waals surface area (Å²) in [4.78, 5) is 4.17. The molecule has 0 saturated carbocycles. The molecule has 0 aliphatic rings. The summed E-state index contributed by atoms with van der Waals surface area (Å²) in [7, 11) is -3.46. The van der Waals surface area contributed by atoms with E-state index in [0.717, 1.165) is 16.9 Å². The van der Waals surface area contributed by atoms with E-state index in [1.165, 1.54) is 0 Å². The van der Waals surface area contributed by atoms with Crippen molar-refractivity contribution in [2.75, 3.05) is 5.32 Å². The van der Waals surface area contributed by atoms with Gasteiger partial charge in [-0.15, -0.1) is 0 Å². The monoisotopic (exact) mass is 384 g/mol. The second-order valence-electron chi connectivity index (χ2n) is 7.38. The van der Waals surface area contributed by atoms with Gasteiger partial charge in [-0.3, -0.25) is 0 Å². The zero-order valence-corrected chi connectivity index (χ0v) is 16.7. The lowest BCUT2D eigenvalue weighted by Crippen LogP contribution is -2.28. The van der Waals surface area contributed by atoms with Crippen molar-refractivity contribution >= 4 is 15.5 Å². The van der Waals surface area contributed by atoms with Gasteiger partial charge in [-0.1, -0.05) is 18.2 Å². The maximum Gasteiger partial charge on any atom is 0.200 e. The molecule has 27 heavy (non-hydrogen) atoms. The first-order valence-electron chi connectivity index (χ1n) is 8.76. The molecule has 1 unspecified atom stereocenters. The van der Waals surface area contributed by atoms with Gasteiger partial charge in [0.25, 0.3) is 0 Å². The van der Waals surface area contributed by atoms with Crippen LogP contribution in [0.5, 0.6) is 0 Å². The molecule has 6 nitrogen and oxygen atoms in total. The van der Waals surface area contributed by atoms with Crippen molar-refractivity contribution in [1.82, 2.24) is 14.8 Å². The van der Waals surface area contributed by atoms with Crippen molar-refractivity contribution in [3.8, 4) is 5.69 Å². The average Bonchev–Trinajstić information content (AvgIpc) is 3.16. The van der Waals surface area contributed by atoms with Crippen LogP contribution in [0.15, 0.2) is 66.1 Å². The van der Waals surface area contributed by atoms with Crippen LogP contribution in [0.25, 0.3) is 5.69 Å². The summed E-state index contributed by atoms with van der Waals surface area (Å²) >= 11 is 0. The van der Waals surface area contributed by atoms with E-state index in [1.807, 2.05) is 48.1 Å². The summed E-state index contributed by atoms with van der Waals surface area (Å²) in [6, 6.07) is 13.2. The molecule has 3 rings (SSSR count). The summed E-state index contributed by atoms with van der Waals surface area (Å²) in [5, 5.41) is 7.78. The highest BCUT2D eigenvalue weighted by Gasteiger charge is 2.31. The molecule has 1 N–H and O–H groups in total. The first kappa shape index (κ1) is 19.1. The van der Waals surface area contributed by atoms with Crippen LogP contribution in [-0.4, -0.2) is 27.9 Å². The molecule has 0 aliphatic carbocycles. The zero-order chi connectivity index (χ0) is 19.7. The maximum atomic E-state index is 12.5. The van der Waals surface area contributed by atoms with Gasteiger partial charge >= 0.3 is 0 Å². The third-order valence-electron chi connectivity index (χ3n) is 4.36. The van der Waals surface area contributed by atoms with Gasteiger partial charge in [-0.05, 0) is 57.5 Å². The van der Waals surface area contributed by atoms with Crippen LogP contribution in [0, 0.1) is 0 Å². The van der Waals surface area contributed by atoms with Gasteiger partial charge in [0.05, 0.1) is 28.4 Å². The highest BCUT2D eigenvalue weighted by Crippen LogP contribution is 2.27. The van der Waals surface area contributed by atoms with E-state index in [-0.39, 0.29) is 11.1 Å². The standard InChI is InChI=1S/C20H24N4O2S/c1-15(17-8-5-6-9-18(17)24-13-7-12-22-24)23-16-10-11-19(21-14-16)27(25,26)20(2,3)4/h5-15,23H,1-4H3. The molecule has 0 radical (unpaired) electrons. The topological polar surface area (TPSA) is 76.9 Å². The number of sulfone groups is 1. The van der Waals surface area contributed by atoms with Crippen LogP contribution in [0.3, 0.4) is 0 Å². The minimum atomic E-state index is -3.46. The van der Waals surface area contributed by atoms with Gasteiger partial charge in [0, 0.05) is 12.4 Å². The van der Waals surface area contributed by atoms with E-state index in [2.05, 4.69) is 15.4 Å². The fourth-order valence-corrected chi connectivity index (χ4v) is 3.81. The Hall–Kier alpha value is -2.67. The first-order valence-corrected chi connectivity index (χ1v) is 10.2. The Kier molecular flexibility index (Phi) is 5.06. The molecular weight excluding hydrogens is 360 g/mol. The first-order chi connectivity index (χ1) is 12.7. The molecule has 2 heterocycles. The number of rotatable bonds is 5. The highest BCUT2D eigenvalue weighted by molar-refractivity contribution is 7.92. The largest absolute Gasteiger partial charge is 0.377 e. The number of nitrogens with zero attached hydrogens (tertiary/aromatic N) is 3. The van der Waals surface area contributed by atoms with Crippen molar-refractivity contribution in [2.24, 2.45) is 0 Å². The molecule has 7 heteroatoms. The Labute approximate surface area is 160 Å². The van der Waals surface area contributed by atoms with Gasteiger partial charge in [-0.25, -0.2) is 18.1 Å². The molecule has 1 aromatic carbocycles. The summed E-state index contributed by atoms with van der Waals surface area (Å²) in [5.74, 6) is 0. The molecule has 0 fully saturated rings. The lowest BCUT2D eigenvalue weighted by Gasteiger charge is -2.20. The molecule has 0 saturated heterocycles. The summed E-state index contributed by atoms with van der Waals surface area (Å²) in [6.07, 6.45) is 5.21. The van der Waals surface area contributed by atoms with E-state index in [0.29, 0.717) is 0 Å². The predicted molar refractivity (Wildman–Crippen MR) is 107 cm³/mol. The van der Waals surface area contributed by atoms with E-state index in [4.69, 9.17) is 0 Å². The number of hydrogen-bond donors (Lipinski definition) is 1. The van der Waals surface area contributed by atoms with Crippen molar-refractivity contribution < 1.29 is 8.42 Å². The summed E-state index contributed by atoms with van der Waals surface area (Å²) < 4.78 is 25.9. The Morgan fingerprint density at radius 2 is 1.81 bits per heavy atom. The Bertz CT molecular complexity index is 1000. The van der Waals surface area contributed by atoms with Crippen LogP contribution in [0.1, 0.15) is 39.3 Å². The Morgan fingerprint density at radius 1 is 1.07 bits per heavy atom. The lowest BCUT2D eigenvalue weighted by molar-refractivity contribution is 0.556. The highest BCUT2D eigenvalue weighted by atomic mass is 32.2. The van der Waals surface area contributed by atoms with Gasteiger partial charge in [0.15, 0.2) is 14.9 Å². The van der Waals surface area contributed by atoms with Gasteiger partial charge in [0.2, 0.25) is 0 Å². The fourth-order valence-electron chi connectivity index (χ4n) is 2.74. The molecule has 3 aromatic rings. The molecular formula is C20H24N4O2S. The Morgan fingerprint density at radius 3 is 2.41 bits per heavy atom. The van der Waals surface area contributed by atoms with E-state index in [1.54, 1.807) is 45.3 Å². The quantitative estimate of drug-likeness (QED) is 0.719. The van der Waals surface area contributed by atoms with Crippen molar-refractivity contribution in [3.63, 3.8) is 0 Å². The maximum absolute atomic E-state index is 12.5. The van der Waals surface area contributed by atoms with Crippen molar-refractivity contribution in [2.45, 2.75) is 43.5 Å². The number of anilines is 1. The molecule has 2 aromatic heterocycles. The Balaban J connectivity index is 1.83. The average molecular weight is 385 g/mol. The van der Waals surface area contributed by atoms with E-state index >= 15 is 0 Å². The van der Waals surface area contributed by atoms with Gasteiger partial charge in [0.1, 0.15) is 0 Å². The zero-order valence-electron chi connectivity index (χ0n) is 15.9. The minimum Gasteiger partial charge on any atom is -0.377 e. The van der Waals surface area contributed by atoms with Crippen LogP contribution in [0.4, 0.5) is 5.69 Å². The van der Waals surface area contributed by atoms with Gasteiger partial charge in [-0.2, -0.15) is 5.10 Å². The van der Waals surface area contributed by atoms with Crippen LogP contribution in [-0.2, 0) is 9.84 Å². The van der Waals surface area contributed by atoms with Crippen molar-refractivity contribution in [3.05, 3.63) is 66.6 Å². The molecule has 0 amide bonds. The third kappa shape index (κ3) is 3.88. The summed E-state index contributed by atoms with van der Waals surface area (Å²) in [6.45, 7) is 7.06.